The predicted molar refractivity (Wildman–Crippen MR) is 201 cm³/mol. The summed E-state index contributed by atoms with van der Waals surface area (Å²) >= 11 is 0. The smallest absolute Gasteiger partial charge is 0.316 e. The van der Waals surface area contributed by atoms with Crippen molar-refractivity contribution in [3.63, 3.8) is 0 Å². The Balaban J connectivity index is 1.70. The lowest BCUT2D eigenvalue weighted by atomic mass is 9.73. The lowest BCUT2D eigenvalue weighted by molar-refractivity contribution is -0.296. The van der Waals surface area contributed by atoms with Gasteiger partial charge in [-0.15, -0.1) is 0 Å². The van der Waals surface area contributed by atoms with Crippen LogP contribution in [0, 0.1) is 23.7 Å². The van der Waals surface area contributed by atoms with Crippen molar-refractivity contribution in [1.82, 2.24) is 9.88 Å². The van der Waals surface area contributed by atoms with Gasteiger partial charge in [-0.05, 0) is 78.6 Å². The maximum absolute atomic E-state index is 14.4. The summed E-state index contributed by atoms with van der Waals surface area (Å²) in [5, 5.41) is 28.3. The van der Waals surface area contributed by atoms with Gasteiger partial charge in [0.05, 0.1) is 37.1 Å². The molecule has 4 aliphatic rings. The van der Waals surface area contributed by atoms with Crippen LogP contribution < -0.4 is 0 Å². The van der Waals surface area contributed by atoms with Gasteiger partial charge in [0.1, 0.15) is 29.4 Å². The van der Waals surface area contributed by atoms with Gasteiger partial charge in [-0.25, -0.2) is 4.99 Å². The molecule has 4 bridgehead atoms. The highest BCUT2D eigenvalue weighted by Gasteiger charge is 2.53. The molecular weight excluding hydrogens is 712 g/mol. The molecule has 3 saturated heterocycles. The fourth-order valence-corrected chi connectivity index (χ4v) is 8.66. The molecule has 15 heteroatoms. The molecule has 1 unspecified atom stereocenters. The number of carbonyl (C=O) groups excluding carboxylic acids is 3. The Hall–Kier alpha value is -3.18. The van der Waals surface area contributed by atoms with E-state index in [4.69, 9.17) is 33.5 Å². The number of oxime groups is 1. The molecule has 55 heavy (non-hydrogen) atoms. The number of ether oxygens (including phenoxy) is 5. The molecule has 3 fully saturated rings. The zero-order chi connectivity index (χ0) is 40.4. The summed E-state index contributed by atoms with van der Waals surface area (Å²) in [7, 11) is 3.74. The van der Waals surface area contributed by atoms with E-state index in [1.807, 2.05) is 45.8 Å². The predicted octanol–water partition coefficient (Wildman–Crippen LogP) is 2.92. The van der Waals surface area contributed by atoms with Crippen molar-refractivity contribution in [2.24, 2.45) is 33.8 Å². The first-order chi connectivity index (χ1) is 25.9. The molecule has 5 rings (SSSR count). The number of nitrogens with zero attached hydrogens (tertiary/aromatic N) is 4. The van der Waals surface area contributed by atoms with Crippen molar-refractivity contribution in [1.29, 1.82) is 0 Å². The molecule has 14 atom stereocenters. The zero-order valence-electron chi connectivity index (χ0n) is 33.8. The first-order valence-electron chi connectivity index (χ1n) is 19.5. The normalized spacial score (nSPS) is 41.9. The number of rotatable bonds is 6. The van der Waals surface area contributed by atoms with Crippen LogP contribution in [0.5, 0.6) is 0 Å². The number of aliphatic hydroxyl groups excluding tert-OH is 1. The van der Waals surface area contributed by atoms with Crippen LogP contribution in [-0.2, 0) is 49.3 Å². The first-order valence-corrected chi connectivity index (χ1v) is 19.5. The van der Waals surface area contributed by atoms with Crippen LogP contribution in [0.25, 0.3) is 0 Å². The van der Waals surface area contributed by atoms with Gasteiger partial charge in [-0.1, -0.05) is 38.9 Å². The van der Waals surface area contributed by atoms with E-state index < -0.39 is 89.3 Å². The van der Waals surface area contributed by atoms with Crippen LogP contribution in [0.3, 0.4) is 0 Å². The molecule has 5 heterocycles. The topological polar surface area (TPSA) is 188 Å². The molecule has 0 aromatic carbocycles. The third-order valence-electron chi connectivity index (χ3n) is 11.8. The Labute approximate surface area is 324 Å². The van der Waals surface area contributed by atoms with E-state index in [9.17, 15) is 24.6 Å². The highest BCUT2D eigenvalue weighted by Crippen LogP contribution is 2.40. The van der Waals surface area contributed by atoms with Crippen LogP contribution in [0.4, 0.5) is 0 Å². The molecule has 1 aromatic rings. The molecule has 0 aliphatic carbocycles. The number of likely N-dealkylation sites (N-methyl/N-ethyl adjacent to an activating group) is 1. The fourth-order valence-electron chi connectivity index (χ4n) is 8.66. The summed E-state index contributed by atoms with van der Waals surface area (Å²) in [6, 6.07) is 3.29. The zero-order valence-corrected chi connectivity index (χ0v) is 33.8. The third kappa shape index (κ3) is 9.35. The maximum atomic E-state index is 14.4. The lowest BCUT2D eigenvalue weighted by Gasteiger charge is -2.47. The van der Waals surface area contributed by atoms with E-state index in [1.165, 1.54) is 13.8 Å². The molecular formula is C40H60N4O11. The second-order valence-electron chi connectivity index (χ2n) is 16.5. The number of pyridine rings is 1. The van der Waals surface area contributed by atoms with Gasteiger partial charge in [0.15, 0.2) is 12.1 Å². The highest BCUT2D eigenvalue weighted by atomic mass is 16.7. The average molecular weight is 773 g/mol. The number of aromatic nitrogens is 1. The molecule has 1 amide bonds. The Morgan fingerprint density at radius 3 is 2.44 bits per heavy atom. The van der Waals surface area contributed by atoms with Gasteiger partial charge in [-0.3, -0.25) is 19.4 Å². The fraction of sp³-hybridized carbons (Fsp3) is 0.750. The van der Waals surface area contributed by atoms with Gasteiger partial charge >= 0.3 is 5.97 Å². The van der Waals surface area contributed by atoms with Crippen molar-refractivity contribution in [3.05, 3.63) is 30.1 Å². The monoisotopic (exact) mass is 772 g/mol. The standard InChI is InChI=1S/C40H60N4O11/c1-11-30-40(8,49)35-23(4)31-21(2)17-39(7,51-20-27(19-50-35)43-55-29(36(47)42-31)16-26-13-12-14-41-18-26)34(24(5)32(45)25(6)37(48)53-30)54-38-33(46)28(44(9)10)15-22(3)52-38/h12-14,18,21-25,28-30,33-35,38,46,49H,11,15-17,19-20H2,1-10H3/b42-31?,43-27+/t21-,22-,23-,24+,25-,28+,29?,30-,33-,34-,35+,38+,39-,40-/m1/s1. The quantitative estimate of drug-likeness (QED) is 0.318. The lowest BCUT2D eigenvalue weighted by Crippen LogP contribution is -2.60. The van der Waals surface area contributed by atoms with E-state index in [1.54, 1.807) is 39.2 Å². The van der Waals surface area contributed by atoms with Crippen molar-refractivity contribution >= 4 is 29.1 Å². The van der Waals surface area contributed by atoms with E-state index in [0.29, 0.717) is 12.1 Å². The number of aliphatic imine (C=N–C) groups is 1. The summed E-state index contributed by atoms with van der Waals surface area (Å²) in [6.45, 7) is 13.5. The van der Waals surface area contributed by atoms with Gasteiger partial charge in [0.2, 0.25) is 6.10 Å². The molecule has 0 spiro atoms. The number of Topliss-reactive ketones (excluding diaryl/α,β-unsaturated/α-hetero) is 1. The van der Waals surface area contributed by atoms with E-state index >= 15 is 0 Å². The molecule has 1 aromatic heterocycles. The SMILES string of the molecule is CC[C@H]1OC(=O)[C@H](C)C(=O)[C@H](C)[C@@H](O[C@@H]2O[C@H](C)C[C@H](N(C)C)[C@H]2O)[C@@]2(C)C[C@@H](C)C3=NC(=O)C(Cc4cccnc4)O/N=C(\CO[C@@H]([C@@H]3C)[C@]1(C)O)CO2. The van der Waals surface area contributed by atoms with Crippen molar-refractivity contribution in [2.75, 3.05) is 27.3 Å². The number of cyclic esters (lactones) is 1. The van der Waals surface area contributed by atoms with Gasteiger partial charge in [-0.2, -0.15) is 0 Å². The van der Waals surface area contributed by atoms with Gasteiger partial charge < -0.3 is 43.6 Å². The van der Waals surface area contributed by atoms with E-state index in [2.05, 4.69) is 10.1 Å². The van der Waals surface area contributed by atoms with Crippen molar-refractivity contribution in [2.45, 2.75) is 141 Å². The largest absolute Gasteiger partial charge is 0.459 e. The van der Waals surface area contributed by atoms with Crippen molar-refractivity contribution < 1.29 is 53.1 Å². The Morgan fingerprint density at radius 2 is 1.78 bits per heavy atom. The summed E-state index contributed by atoms with van der Waals surface area (Å²) < 4.78 is 32.3. The number of hydrogen-bond donors (Lipinski definition) is 2. The van der Waals surface area contributed by atoms with Crippen molar-refractivity contribution in [3.8, 4) is 0 Å². The molecule has 0 saturated carbocycles. The van der Waals surface area contributed by atoms with Crippen LogP contribution in [0.15, 0.2) is 34.7 Å². The third-order valence-corrected chi connectivity index (χ3v) is 11.8. The highest BCUT2D eigenvalue weighted by molar-refractivity contribution is 6.01. The van der Waals surface area contributed by atoms with Crippen LogP contribution in [-0.4, -0.2) is 137 Å². The summed E-state index contributed by atoms with van der Waals surface area (Å²) in [5.41, 5.74) is -1.80. The summed E-state index contributed by atoms with van der Waals surface area (Å²) in [5.74, 6) is -5.39. The number of aliphatic hydroxyl groups is 2. The molecule has 4 aliphatic heterocycles. The minimum atomic E-state index is -1.82. The number of fused-ring (bicyclic) bond motifs is 4. The Kier molecular flexibility index (Phi) is 13.7. The second kappa shape index (κ2) is 17.5. The summed E-state index contributed by atoms with van der Waals surface area (Å²) in [4.78, 5) is 59.2. The second-order valence-corrected chi connectivity index (χ2v) is 16.5. The maximum Gasteiger partial charge on any atom is 0.316 e. The van der Waals surface area contributed by atoms with Gasteiger partial charge in [0.25, 0.3) is 5.91 Å². The number of ketones is 1. The minimum Gasteiger partial charge on any atom is -0.459 e. The average Bonchev–Trinajstić information content (AvgIpc) is 3.17. The minimum absolute atomic E-state index is 0.140. The number of amides is 1. The van der Waals surface area contributed by atoms with E-state index in [0.717, 1.165) is 5.56 Å². The Bertz CT molecular complexity index is 1590. The first kappa shape index (κ1) is 43.0. The molecule has 306 valence electrons. The van der Waals surface area contributed by atoms with Gasteiger partial charge in [0, 0.05) is 42.4 Å². The molecule has 2 N–H and O–H groups in total. The Morgan fingerprint density at radius 1 is 1.05 bits per heavy atom. The van der Waals surface area contributed by atoms with Crippen LogP contribution >= 0.6 is 0 Å². The van der Waals surface area contributed by atoms with Crippen LogP contribution in [0.2, 0.25) is 0 Å². The molecule has 0 radical (unpaired) electrons. The molecule has 15 nitrogen and oxygen atoms in total. The van der Waals surface area contributed by atoms with Crippen LogP contribution in [0.1, 0.15) is 80.2 Å². The summed E-state index contributed by atoms with van der Waals surface area (Å²) in [6.07, 6.45) is -2.60. The number of hydrogen-bond acceptors (Lipinski definition) is 14. The number of esters is 1. The van der Waals surface area contributed by atoms with E-state index in [-0.39, 0.29) is 50.3 Å². The number of carbonyl (C=O) groups is 3.